The fourth-order valence-corrected chi connectivity index (χ4v) is 1.33. The molecule has 0 radical (unpaired) electrons. The van der Waals surface area contributed by atoms with E-state index in [2.05, 4.69) is 15.3 Å². The quantitative estimate of drug-likeness (QED) is 0.830. The van der Waals surface area contributed by atoms with Gasteiger partial charge in [-0.3, -0.25) is 14.8 Å². The Kier molecular flexibility index (Phi) is 2.91. The van der Waals surface area contributed by atoms with Crippen LogP contribution in [0, 0.1) is 6.92 Å². The Labute approximate surface area is 93.4 Å². The number of hydrogen-bond acceptors (Lipinski definition) is 3. The van der Waals surface area contributed by atoms with Crippen molar-refractivity contribution < 1.29 is 4.79 Å². The summed E-state index contributed by atoms with van der Waals surface area (Å²) in [6, 6.07) is 6.91. The smallest absolute Gasteiger partial charge is 0.255 e. The number of pyridine rings is 2. The second-order valence-corrected chi connectivity index (χ2v) is 3.38. The van der Waals surface area contributed by atoms with Crippen LogP contribution in [0.25, 0.3) is 0 Å². The fourth-order valence-electron chi connectivity index (χ4n) is 1.33. The molecular formula is C12H11N3O. The summed E-state index contributed by atoms with van der Waals surface area (Å²) in [5, 5.41) is 2.79. The average molecular weight is 213 g/mol. The third-order valence-electron chi connectivity index (χ3n) is 2.10. The minimum Gasteiger partial charge on any atom is -0.322 e. The van der Waals surface area contributed by atoms with Gasteiger partial charge in [0.2, 0.25) is 0 Å². The van der Waals surface area contributed by atoms with Crippen LogP contribution in [0.5, 0.6) is 0 Å². The van der Waals surface area contributed by atoms with Crippen LogP contribution in [-0.2, 0) is 0 Å². The maximum Gasteiger partial charge on any atom is 0.255 e. The van der Waals surface area contributed by atoms with Crippen LogP contribution in [0.3, 0.4) is 0 Å². The molecule has 0 unspecified atom stereocenters. The Balaban J connectivity index is 2.14. The summed E-state index contributed by atoms with van der Waals surface area (Å²) in [7, 11) is 0. The molecule has 80 valence electrons. The first-order chi connectivity index (χ1) is 7.75. The van der Waals surface area contributed by atoms with Crippen molar-refractivity contribution in [3.05, 3.63) is 54.1 Å². The van der Waals surface area contributed by atoms with Crippen LogP contribution in [0.4, 0.5) is 5.69 Å². The highest BCUT2D eigenvalue weighted by Gasteiger charge is 2.04. The van der Waals surface area contributed by atoms with Gasteiger partial charge in [-0.05, 0) is 31.2 Å². The minimum absolute atomic E-state index is 0.145. The number of aromatic nitrogens is 2. The number of carbonyl (C=O) groups excluding carboxylic acids is 1. The van der Waals surface area contributed by atoms with Gasteiger partial charge in [0.25, 0.3) is 5.91 Å². The van der Waals surface area contributed by atoms with Gasteiger partial charge in [-0.25, -0.2) is 0 Å². The van der Waals surface area contributed by atoms with Crippen LogP contribution >= 0.6 is 0 Å². The maximum absolute atomic E-state index is 11.8. The predicted octanol–water partition coefficient (Wildman–Crippen LogP) is 2.04. The summed E-state index contributed by atoms with van der Waals surface area (Å²) in [6.07, 6.45) is 4.84. The van der Waals surface area contributed by atoms with E-state index in [4.69, 9.17) is 0 Å². The molecule has 0 aliphatic heterocycles. The monoisotopic (exact) mass is 213 g/mol. The van der Waals surface area contributed by atoms with Gasteiger partial charge in [0.05, 0.1) is 0 Å². The summed E-state index contributed by atoms with van der Waals surface area (Å²) < 4.78 is 0. The molecule has 0 saturated carbocycles. The zero-order chi connectivity index (χ0) is 11.4. The molecule has 0 spiro atoms. The van der Waals surface area contributed by atoms with Gasteiger partial charge in [-0.15, -0.1) is 0 Å². The SMILES string of the molecule is Cc1cc(NC(=O)c2ccncc2)ccn1. The first-order valence-electron chi connectivity index (χ1n) is 4.90. The molecular weight excluding hydrogens is 202 g/mol. The third kappa shape index (κ3) is 2.42. The van der Waals surface area contributed by atoms with Crippen LogP contribution in [0.2, 0.25) is 0 Å². The van der Waals surface area contributed by atoms with Gasteiger partial charge in [-0.1, -0.05) is 0 Å². The first-order valence-corrected chi connectivity index (χ1v) is 4.90. The van der Waals surface area contributed by atoms with Crippen molar-refractivity contribution in [3.8, 4) is 0 Å². The highest BCUT2D eigenvalue weighted by molar-refractivity contribution is 6.04. The molecule has 0 saturated heterocycles. The van der Waals surface area contributed by atoms with Crippen LogP contribution in [-0.4, -0.2) is 15.9 Å². The number of amides is 1. The van der Waals surface area contributed by atoms with E-state index in [-0.39, 0.29) is 5.91 Å². The van der Waals surface area contributed by atoms with Crippen molar-refractivity contribution in [2.24, 2.45) is 0 Å². The zero-order valence-corrected chi connectivity index (χ0v) is 8.84. The summed E-state index contributed by atoms with van der Waals surface area (Å²) in [5.74, 6) is -0.145. The lowest BCUT2D eigenvalue weighted by Gasteiger charge is -2.04. The second kappa shape index (κ2) is 4.53. The van der Waals surface area contributed by atoms with Crippen molar-refractivity contribution in [1.29, 1.82) is 0 Å². The summed E-state index contributed by atoms with van der Waals surface area (Å²) in [6.45, 7) is 1.88. The van der Waals surface area contributed by atoms with Crippen molar-refractivity contribution in [3.63, 3.8) is 0 Å². The fraction of sp³-hybridized carbons (Fsp3) is 0.0833. The topological polar surface area (TPSA) is 54.9 Å². The van der Waals surface area contributed by atoms with E-state index in [1.54, 1.807) is 36.8 Å². The van der Waals surface area contributed by atoms with Crippen molar-refractivity contribution in [1.82, 2.24) is 9.97 Å². The molecule has 1 amide bonds. The van der Waals surface area contributed by atoms with E-state index in [0.717, 1.165) is 11.4 Å². The Hall–Kier alpha value is -2.23. The molecule has 0 aliphatic rings. The summed E-state index contributed by atoms with van der Waals surface area (Å²) in [5.41, 5.74) is 2.20. The van der Waals surface area contributed by atoms with Crippen molar-refractivity contribution >= 4 is 11.6 Å². The number of aryl methyl sites for hydroxylation is 1. The molecule has 0 aromatic carbocycles. The molecule has 0 aliphatic carbocycles. The molecule has 0 bridgehead atoms. The van der Waals surface area contributed by atoms with Crippen LogP contribution in [0.15, 0.2) is 42.9 Å². The number of rotatable bonds is 2. The Morgan fingerprint density at radius 1 is 1.19 bits per heavy atom. The van der Waals surface area contributed by atoms with E-state index in [0.29, 0.717) is 5.56 Å². The number of hydrogen-bond donors (Lipinski definition) is 1. The summed E-state index contributed by atoms with van der Waals surface area (Å²) in [4.78, 5) is 19.7. The number of nitrogens with one attached hydrogen (secondary N) is 1. The number of nitrogens with zero attached hydrogens (tertiary/aromatic N) is 2. The lowest BCUT2D eigenvalue weighted by molar-refractivity contribution is 0.102. The molecule has 16 heavy (non-hydrogen) atoms. The number of carbonyl (C=O) groups is 1. The van der Waals surface area contributed by atoms with Crippen LogP contribution in [0.1, 0.15) is 16.1 Å². The largest absolute Gasteiger partial charge is 0.322 e. The molecule has 2 aromatic rings. The first kappa shape index (κ1) is 10.3. The van der Waals surface area contributed by atoms with E-state index in [1.165, 1.54) is 0 Å². The zero-order valence-electron chi connectivity index (χ0n) is 8.84. The second-order valence-electron chi connectivity index (χ2n) is 3.38. The Morgan fingerprint density at radius 3 is 2.62 bits per heavy atom. The van der Waals surface area contributed by atoms with Gasteiger partial charge in [-0.2, -0.15) is 0 Å². The normalized spacial score (nSPS) is 9.81. The molecule has 0 atom stereocenters. The molecule has 2 rings (SSSR count). The lowest BCUT2D eigenvalue weighted by atomic mass is 10.2. The third-order valence-corrected chi connectivity index (χ3v) is 2.10. The Bertz CT molecular complexity index is 497. The van der Waals surface area contributed by atoms with Crippen molar-refractivity contribution in [2.75, 3.05) is 5.32 Å². The number of anilines is 1. The molecule has 0 fully saturated rings. The lowest BCUT2D eigenvalue weighted by Crippen LogP contribution is -2.11. The van der Waals surface area contributed by atoms with Gasteiger partial charge in [0, 0.05) is 35.5 Å². The van der Waals surface area contributed by atoms with Gasteiger partial charge < -0.3 is 5.32 Å². The molecule has 1 N–H and O–H groups in total. The Morgan fingerprint density at radius 2 is 1.94 bits per heavy atom. The predicted molar refractivity (Wildman–Crippen MR) is 61.2 cm³/mol. The maximum atomic E-state index is 11.8. The average Bonchev–Trinajstić information content (AvgIpc) is 2.30. The van der Waals surface area contributed by atoms with Crippen molar-refractivity contribution in [2.45, 2.75) is 6.92 Å². The minimum atomic E-state index is -0.145. The van der Waals surface area contributed by atoms with Gasteiger partial charge >= 0.3 is 0 Å². The molecule has 2 aromatic heterocycles. The van der Waals surface area contributed by atoms with Gasteiger partial charge in [0.1, 0.15) is 0 Å². The molecule has 4 nitrogen and oxygen atoms in total. The molecule has 4 heteroatoms. The standard InChI is InChI=1S/C12H11N3O/c1-9-8-11(4-7-14-9)15-12(16)10-2-5-13-6-3-10/h2-8H,1H3,(H,14,15,16). The van der Waals surface area contributed by atoms with Crippen LogP contribution < -0.4 is 5.32 Å². The van der Waals surface area contributed by atoms with Gasteiger partial charge in [0.15, 0.2) is 0 Å². The molecule has 2 heterocycles. The highest BCUT2D eigenvalue weighted by atomic mass is 16.1. The van der Waals surface area contributed by atoms with E-state index in [1.807, 2.05) is 13.0 Å². The van der Waals surface area contributed by atoms with E-state index < -0.39 is 0 Å². The van der Waals surface area contributed by atoms with E-state index >= 15 is 0 Å². The highest BCUT2D eigenvalue weighted by Crippen LogP contribution is 2.09. The summed E-state index contributed by atoms with van der Waals surface area (Å²) >= 11 is 0. The van der Waals surface area contributed by atoms with E-state index in [9.17, 15) is 4.79 Å².